The average molecular weight is 238 g/mol. The second-order valence-electron chi connectivity index (χ2n) is 4.75. The third-order valence-electron chi connectivity index (χ3n) is 3.77. The number of likely N-dealkylation sites (tertiary alicyclic amines) is 1. The number of imide groups is 1. The number of carbonyl (C=O) groups is 3. The van der Waals surface area contributed by atoms with E-state index in [1.807, 2.05) is 0 Å². The van der Waals surface area contributed by atoms with Gasteiger partial charge >= 0.3 is 0 Å². The van der Waals surface area contributed by atoms with Gasteiger partial charge in [-0.3, -0.25) is 19.3 Å². The predicted molar refractivity (Wildman–Crippen MR) is 60.9 cm³/mol. The lowest BCUT2D eigenvalue weighted by Gasteiger charge is -2.19. The average Bonchev–Trinajstić information content (AvgIpc) is 2.60. The number of hydrogen-bond acceptors (Lipinski definition) is 3. The quantitative estimate of drug-likeness (QED) is 0.719. The van der Waals surface area contributed by atoms with Gasteiger partial charge in [-0.15, -0.1) is 0 Å². The van der Waals surface area contributed by atoms with Crippen LogP contribution in [0.15, 0.2) is 0 Å². The third-order valence-corrected chi connectivity index (χ3v) is 3.77. The van der Waals surface area contributed by atoms with E-state index in [1.165, 1.54) is 4.90 Å². The fraction of sp³-hybridized carbons (Fsp3) is 0.750. The smallest absolute Gasteiger partial charge is 0.233 e. The minimum absolute atomic E-state index is 0.0661. The molecule has 1 aliphatic carbocycles. The Morgan fingerprint density at radius 1 is 1.24 bits per heavy atom. The maximum Gasteiger partial charge on any atom is 0.233 e. The highest BCUT2D eigenvalue weighted by molar-refractivity contribution is 6.05. The molecule has 1 heterocycles. The highest BCUT2D eigenvalue weighted by Gasteiger charge is 2.47. The van der Waals surface area contributed by atoms with Crippen LogP contribution in [0.25, 0.3) is 0 Å². The van der Waals surface area contributed by atoms with E-state index < -0.39 is 0 Å². The molecular formula is C12H18N2O3. The third kappa shape index (κ3) is 2.18. The molecule has 5 nitrogen and oxygen atoms in total. The number of amides is 3. The van der Waals surface area contributed by atoms with Crippen molar-refractivity contribution in [3.8, 4) is 0 Å². The standard InChI is InChI=1S/C12H18N2O3/c1-13-10(15)6-7-14-11(16)8-4-2-3-5-9(8)12(14)17/h8-9H,2-7H2,1H3,(H,13,15)/t8-,9+. The summed E-state index contributed by atoms with van der Waals surface area (Å²) in [6.45, 7) is 0.227. The molecule has 2 rings (SSSR count). The van der Waals surface area contributed by atoms with Crippen molar-refractivity contribution in [3.63, 3.8) is 0 Å². The molecule has 1 saturated heterocycles. The molecule has 1 aliphatic heterocycles. The van der Waals surface area contributed by atoms with Crippen molar-refractivity contribution in [1.29, 1.82) is 0 Å². The van der Waals surface area contributed by atoms with E-state index >= 15 is 0 Å². The van der Waals surface area contributed by atoms with Crippen LogP contribution in [0.3, 0.4) is 0 Å². The Labute approximate surface area is 101 Å². The van der Waals surface area contributed by atoms with E-state index in [2.05, 4.69) is 5.32 Å². The summed E-state index contributed by atoms with van der Waals surface area (Å²) in [6.07, 6.45) is 3.91. The van der Waals surface area contributed by atoms with Gasteiger partial charge in [0, 0.05) is 20.0 Å². The maximum absolute atomic E-state index is 12.0. The monoisotopic (exact) mass is 238 g/mol. The summed E-state index contributed by atoms with van der Waals surface area (Å²) < 4.78 is 0. The maximum atomic E-state index is 12.0. The molecule has 0 spiro atoms. The first-order chi connectivity index (χ1) is 8.15. The lowest BCUT2D eigenvalue weighted by molar-refractivity contribution is -0.140. The Kier molecular flexibility index (Phi) is 3.45. The van der Waals surface area contributed by atoms with Gasteiger partial charge in [0.2, 0.25) is 17.7 Å². The summed E-state index contributed by atoms with van der Waals surface area (Å²) in [7, 11) is 1.55. The van der Waals surface area contributed by atoms with Gasteiger partial charge in [0.25, 0.3) is 0 Å². The van der Waals surface area contributed by atoms with Gasteiger partial charge in [-0.05, 0) is 12.8 Å². The molecule has 0 aromatic heterocycles. The number of hydrogen-bond donors (Lipinski definition) is 1. The van der Waals surface area contributed by atoms with Crippen LogP contribution in [0, 0.1) is 11.8 Å². The Morgan fingerprint density at radius 2 is 1.76 bits per heavy atom. The second-order valence-corrected chi connectivity index (χ2v) is 4.75. The van der Waals surface area contributed by atoms with Crippen LogP contribution < -0.4 is 5.32 Å². The highest BCUT2D eigenvalue weighted by Crippen LogP contribution is 2.37. The molecule has 1 N–H and O–H groups in total. The molecule has 2 aliphatic rings. The first-order valence-corrected chi connectivity index (χ1v) is 6.21. The molecular weight excluding hydrogens is 220 g/mol. The largest absolute Gasteiger partial charge is 0.359 e. The van der Waals surface area contributed by atoms with E-state index in [1.54, 1.807) is 7.05 Å². The van der Waals surface area contributed by atoms with Crippen molar-refractivity contribution in [1.82, 2.24) is 10.2 Å². The first kappa shape index (κ1) is 12.1. The van der Waals surface area contributed by atoms with Crippen molar-refractivity contribution in [3.05, 3.63) is 0 Å². The van der Waals surface area contributed by atoms with E-state index in [0.29, 0.717) is 0 Å². The Balaban J connectivity index is 2.00. The zero-order valence-corrected chi connectivity index (χ0v) is 10.1. The molecule has 0 bridgehead atoms. The van der Waals surface area contributed by atoms with Gasteiger partial charge < -0.3 is 5.32 Å². The topological polar surface area (TPSA) is 66.5 Å². The number of nitrogens with one attached hydrogen (secondary N) is 1. The molecule has 94 valence electrons. The zero-order chi connectivity index (χ0) is 12.4. The van der Waals surface area contributed by atoms with E-state index in [9.17, 15) is 14.4 Å². The van der Waals surface area contributed by atoms with Gasteiger partial charge in [-0.2, -0.15) is 0 Å². The lowest BCUT2D eigenvalue weighted by atomic mass is 9.81. The fourth-order valence-corrected chi connectivity index (χ4v) is 2.79. The lowest BCUT2D eigenvalue weighted by Crippen LogP contribution is -2.34. The predicted octanol–water partition coefficient (Wildman–Crippen LogP) is 0.298. The summed E-state index contributed by atoms with van der Waals surface area (Å²) in [5, 5.41) is 2.49. The molecule has 5 heteroatoms. The van der Waals surface area contributed by atoms with Gasteiger partial charge in [-0.1, -0.05) is 12.8 Å². The van der Waals surface area contributed by atoms with Crippen molar-refractivity contribution >= 4 is 17.7 Å². The van der Waals surface area contributed by atoms with Crippen molar-refractivity contribution < 1.29 is 14.4 Å². The minimum atomic E-state index is -0.138. The summed E-state index contributed by atoms with van der Waals surface area (Å²) in [6, 6.07) is 0. The molecule has 1 saturated carbocycles. The van der Waals surface area contributed by atoms with E-state index in [4.69, 9.17) is 0 Å². The van der Waals surface area contributed by atoms with Crippen LogP contribution in [0.2, 0.25) is 0 Å². The first-order valence-electron chi connectivity index (χ1n) is 6.21. The normalized spacial score (nSPS) is 28.2. The van der Waals surface area contributed by atoms with Gasteiger partial charge in [-0.25, -0.2) is 0 Å². The Morgan fingerprint density at radius 3 is 2.24 bits per heavy atom. The zero-order valence-electron chi connectivity index (χ0n) is 10.1. The summed E-state index contributed by atoms with van der Waals surface area (Å²) in [4.78, 5) is 36.5. The van der Waals surface area contributed by atoms with Crippen LogP contribution in [-0.4, -0.2) is 36.2 Å². The molecule has 2 fully saturated rings. The van der Waals surface area contributed by atoms with Crippen LogP contribution >= 0.6 is 0 Å². The van der Waals surface area contributed by atoms with Crippen molar-refractivity contribution in [2.24, 2.45) is 11.8 Å². The summed E-state index contributed by atoms with van der Waals surface area (Å²) in [5.74, 6) is -0.491. The highest BCUT2D eigenvalue weighted by atomic mass is 16.2. The molecule has 2 atom stereocenters. The van der Waals surface area contributed by atoms with Gasteiger partial charge in [0.05, 0.1) is 11.8 Å². The molecule has 0 aromatic rings. The SMILES string of the molecule is CNC(=O)CCN1C(=O)[C@H]2CCCC[C@H]2C1=O. The van der Waals surface area contributed by atoms with E-state index in [0.717, 1.165) is 25.7 Å². The van der Waals surface area contributed by atoms with Crippen LogP contribution in [-0.2, 0) is 14.4 Å². The fourth-order valence-electron chi connectivity index (χ4n) is 2.79. The van der Waals surface area contributed by atoms with Crippen LogP contribution in [0.4, 0.5) is 0 Å². The van der Waals surface area contributed by atoms with Crippen LogP contribution in [0.1, 0.15) is 32.1 Å². The number of carbonyl (C=O) groups excluding carboxylic acids is 3. The Bertz CT molecular complexity index is 330. The number of fused-ring (bicyclic) bond motifs is 1. The number of rotatable bonds is 3. The molecule has 17 heavy (non-hydrogen) atoms. The van der Waals surface area contributed by atoms with Gasteiger partial charge in [0.1, 0.15) is 0 Å². The summed E-state index contributed by atoms with van der Waals surface area (Å²) >= 11 is 0. The van der Waals surface area contributed by atoms with Crippen molar-refractivity contribution in [2.45, 2.75) is 32.1 Å². The van der Waals surface area contributed by atoms with Crippen molar-refractivity contribution in [2.75, 3.05) is 13.6 Å². The van der Waals surface area contributed by atoms with Gasteiger partial charge in [0.15, 0.2) is 0 Å². The molecule has 3 amide bonds. The van der Waals surface area contributed by atoms with E-state index in [-0.39, 0.29) is 42.5 Å². The molecule has 0 unspecified atom stereocenters. The minimum Gasteiger partial charge on any atom is -0.359 e. The molecule has 0 aromatic carbocycles. The van der Waals surface area contributed by atoms with Crippen LogP contribution in [0.5, 0.6) is 0 Å². The summed E-state index contributed by atoms with van der Waals surface area (Å²) in [5.41, 5.74) is 0. The second kappa shape index (κ2) is 4.85. The molecule has 0 radical (unpaired) electrons. The Hall–Kier alpha value is -1.39. The number of nitrogens with zero attached hydrogens (tertiary/aromatic N) is 1.